The number of carbonyl (C=O) groups excluding carboxylic acids is 1. The molecule has 0 spiro atoms. The van der Waals surface area contributed by atoms with Crippen molar-refractivity contribution in [1.29, 1.82) is 0 Å². The van der Waals surface area contributed by atoms with E-state index in [9.17, 15) is 4.79 Å². The molecule has 0 fully saturated rings. The van der Waals surface area contributed by atoms with Gasteiger partial charge in [-0.2, -0.15) is 0 Å². The summed E-state index contributed by atoms with van der Waals surface area (Å²) in [7, 11) is 0. The lowest BCUT2D eigenvalue weighted by molar-refractivity contribution is -0.115. The Balaban J connectivity index is 1.95. The maximum atomic E-state index is 10.7. The standard InChI is InChI=1S/C15H13Cl2NO2S/c16-13-6-5-12(7-14(13)17)20-11-3-1-10(2-4-11)8-21-9-15(18)19/h1-7H,8-9H2,(H2,18,19). The highest BCUT2D eigenvalue weighted by atomic mass is 35.5. The number of primary amides is 1. The Kier molecular flexibility index (Phi) is 5.79. The summed E-state index contributed by atoms with van der Waals surface area (Å²) in [6.45, 7) is 0. The average Bonchev–Trinajstić information content (AvgIpc) is 2.44. The Morgan fingerprint density at radius 1 is 1.05 bits per heavy atom. The molecule has 21 heavy (non-hydrogen) atoms. The predicted molar refractivity (Wildman–Crippen MR) is 88.3 cm³/mol. The van der Waals surface area contributed by atoms with Crippen LogP contribution in [0.25, 0.3) is 0 Å². The largest absolute Gasteiger partial charge is 0.457 e. The summed E-state index contributed by atoms with van der Waals surface area (Å²) in [5.41, 5.74) is 6.19. The number of carbonyl (C=O) groups is 1. The van der Waals surface area contributed by atoms with Crippen molar-refractivity contribution in [2.24, 2.45) is 5.73 Å². The highest BCUT2D eigenvalue weighted by Gasteiger charge is 2.03. The van der Waals surface area contributed by atoms with Crippen LogP contribution in [0.5, 0.6) is 11.5 Å². The van der Waals surface area contributed by atoms with E-state index in [-0.39, 0.29) is 5.91 Å². The molecule has 0 radical (unpaired) electrons. The minimum absolute atomic E-state index is 0.306. The van der Waals surface area contributed by atoms with E-state index < -0.39 is 0 Å². The van der Waals surface area contributed by atoms with E-state index in [4.69, 9.17) is 33.7 Å². The molecule has 0 heterocycles. The molecule has 2 N–H and O–H groups in total. The van der Waals surface area contributed by atoms with Crippen LogP contribution in [0, 0.1) is 0 Å². The molecule has 2 rings (SSSR count). The average molecular weight is 342 g/mol. The van der Waals surface area contributed by atoms with Crippen LogP contribution in [-0.4, -0.2) is 11.7 Å². The van der Waals surface area contributed by atoms with Gasteiger partial charge in [0.05, 0.1) is 15.8 Å². The first-order chi connectivity index (χ1) is 10.0. The lowest BCUT2D eigenvalue weighted by Crippen LogP contribution is -2.13. The number of halogens is 2. The summed E-state index contributed by atoms with van der Waals surface area (Å²) in [5.74, 6) is 2.08. The number of thioether (sulfide) groups is 1. The van der Waals surface area contributed by atoms with Crippen LogP contribution >= 0.6 is 35.0 Å². The monoisotopic (exact) mass is 341 g/mol. The van der Waals surface area contributed by atoms with Crippen LogP contribution in [0.4, 0.5) is 0 Å². The van der Waals surface area contributed by atoms with Crippen molar-refractivity contribution in [2.75, 3.05) is 5.75 Å². The summed E-state index contributed by atoms with van der Waals surface area (Å²) in [6, 6.07) is 12.7. The molecular weight excluding hydrogens is 329 g/mol. The highest BCUT2D eigenvalue weighted by Crippen LogP contribution is 2.29. The number of nitrogens with two attached hydrogens (primary N) is 1. The van der Waals surface area contributed by atoms with Crippen molar-refractivity contribution in [3.8, 4) is 11.5 Å². The summed E-state index contributed by atoms with van der Waals surface area (Å²) < 4.78 is 5.69. The second-order valence-corrected chi connectivity index (χ2v) is 6.08. The number of ether oxygens (including phenoxy) is 1. The van der Waals surface area contributed by atoms with E-state index in [2.05, 4.69) is 0 Å². The van der Waals surface area contributed by atoms with Crippen molar-refractivity contribution >= 4 is 40.9 Å². The number of hydrogen-bond acceptors (Lipinski definition) is 3. The van der Waals surface area contributed by atoms with E-state index >= 15 is 0 Å². The molecule has 0 unspecified atom stereocenters. The zero-order valence-electron chi connectivity index (χ0n) is 11.0. The SMILES string of the molecule is NC(=O)CSCc1ccc(Oc2ccc(Cl)c(Cl)c2)cc1. The minimum Gasteiger partial charge on any atom is -0.457 e. The fraction of sp³-hybridized carbons (Fsp3) is 0.133. The molecule has 0 bridgehead atoms. The zero-order valence-corrected chi connectivity index (χ0v) is 13.3. The van der Waals surface area contributed by atoms with Crippen LogP contribution in [-0.2, 0) is 10.5 Å². The smallest absolute Gasteiger partial charge is 0.227 e. The van der Waals surface area contributed by atoms with E-state index in [0.717, 1.165) is 11.3 Å². The van der Waals surface area contributed by atoms with Gasteiger partial charge in [0.2, 0.25) is 5.91 Å². The summed E-state index contributed by atoms with van der Waals surface area (Å²) in [6.07, 6.45) is 0. The minimum atomic E-state index is -0.306. The first-order valence-corrected chi connectivity index (χ1v) is 8.03. The van der Waals surface area contributed by atoms with Crippen molar-refractivity contribution in [1.82, 2.24) is 0 Å². The van der Waals surface area contributed by atoms with E-state index in [0.29, 0.717) is 27.3 Å². The topological polar surface area (TPSA) is 52.3 Å². The Labute approximate surface area is 137 Å². The van der Waals surface area contributed by atoms with Crippen molar-refractivity contribution in [2.45, 2.75) is 5.75 Å². The van der Waals surface area contributed by atoms with Crippen LogP contribution in [0.3, 0.4) is 0 Å². The summed E-state index contributed by atoms with van der Waals surface area (Å²) in [5, 5.41) is 0.944. The van der Waals surface area contributed by atoms with Crippen LogP contribution in [0.2, 0.25) is 10.0 Å². The summed E-state index contributed by atoms with van der Waals surface area (Å²) in [4.78, 5) is 10.7. The van der Waals surface area contributed by atoms with Gasteiger partial charge in [-0.15, -0.1) is 11.8 Å². The van der Waals surface area contributed by atoms with Crippen molar-refractivity contribution in [3.05, 3.63) is 58.1 Å². The van der Waals surface area contributed by atoms with Gasteiger partial charge in [-0.25, -0.2) is 0 Å². The number of hydrogen-bond donors (Lipinski definition) is 1. The van der Waals surface area contributed by atoms with E-state index in [1.54, 1.807) is 18.2 Å². The Morgan fingerprint density at radius 2 is 1.71 bits per heavy atom. The number of rotatable bonds is 6. The van der Waals surface area contributed by atoms with Gasteiger partial charge in [-0.05, 0) is 29.8 Å². The molecule has 1 amide bonds. The zero-order chi connectivity index (χ0) is 15.2. The van der Waals surface area contributed by atoms with E-state index in [1.165, 1.54) is 11.8 Å². The third-order valence-corrected chi connectivity index (χ3v) is 4.33. The lowest BCUT2D eigenvalue weighted by atomic mass is 10.2. The molecule has 2 aromatic rings. The molecule has 0 saturated carbocycles. The van der Waals surface area contributed by atoms with Crippen LogP contribution in [0.15, 0.2) is 42.5 Å². The molecule has 0 atom stereocenters. The van der Waals surface area contributed by atoms with Gasteiger partial charge in [0.15, 0.2) is 0 Å². The quantitative estimate of drug-likeness (QED) is 0.841. The normalized spacial score (nSPS) is 10.4. The molecule has 0 aliphatic heterocycles. The Bertz CT molecular complexity index is 632. The third kappa shape index (κ3) is 5.16. The predicted octanol–water partition coefficient (Wildman–Crippen LogP) is 4.50. The summed E-state index contributed by atoms with van der Waals surface area (Å²) >= 11 is 13.3. The number of benzene rings is 2. The highest BCUT2D eigenvalue weighted by molar-refractivity contribution is 7.99. The Hall–Kier alpha value is -1.36. The van der Waals surface area contributed by atoms with Crippen molar-refractivity contribution in [3.63, 3.8) is 0 Å². The molecule has 2 aromatic carbocycles. The first-order valence-electron chi connectivity index (χ1n) is 6.12. The molecule has 0 saturated heterocycles. The molecule has 0 aliphatic rings. The molecule has 0 aliphatic carbocycles. The lowest BCUT2D eigenvalue weighted by Gasteiger charge is -2.07. The number of amides is 1. The molecular formula is C15H13Cl2NO2S. The molecule has 0 aromatic heterocycles. The van der Waals surface area contributed by atoms with Crippen LogP contribution in [0.1, 0.15) is 5.56 Å². The second kappa shape index (κ2) is 7.59. The molecule has 6 heteroatoms. The van der Waals surface area contributed by atoms with Crippen LogP contribution < -0.4 is 10.5 Å². The van der Waals surface area contributed by atoms with Gasteiger partial charge in [-0.1, -0.05) is 35.3 Å². The fourth-order valence-corrected chi connectivity index (χ4v) is 2.62. The first kappa shape index (κ1) is 16.0. The van der Waals surface area contributed by atoms with Gasteiger partial charge >= 0.3 is 0 Å². The molecule has 3 nitrogen and oxygen atoms in total. The maximum Gasteiger partial charge on any atom is 0.227 e. The van der Waals surface area contributed by atoms with E-state index in [1.807, 2.05) is 24.3 Å². The third-order valence-electron chi connectivity index (χ3n) is 2.56. The van der Waals surface area contributed by atoms with Gasteiger partial charge in [-0.3, -0.25) is 4.79 Å². The fourth-order valence-electron chi connectivity index (χ4n) is 1.60. The van der Waals surface area contributed by atoms with Gasteiger partial charge < -0.3 is 10.5 Å². The van der Waals surface area contributed by atoms with Gasteiger partial charge in [0.25, 0.3) is 0 Å². The van der Waals surface area contributed by atoms with Gasteiger partial charge in [0.1, 0.15) is 11.5 Å². The second-order valence-electron chi connectivity index (χ2n) is 4.28. The molecule has 110 valence electrons. The van der Waals surface area contributed by atoms with Crippen molar-refractivity contribution < 1.29 is 9.53 Å². The maximum absolute atomic E-state index is 10.7. The van der Waals surface area contributed by atoms with Gasteiger partial charge in [0, 0.05) is 11.8 Å². The Morgan fingerprint density at radius 3 is 2.33 bits per heavy atom.